The highest BCUT2D eigenvalue weighted by Crippen LogP contribution is 2.30. The zero-order valence-electron chi connectivity index (χ0n) is 14.9. The highest BCUT2D eigenvalue weighted by Gasteiger charge is 2.34. The van der Waals surface area contributed by atoms with Crippen LogP contribution in [0, 0.1) is 5.41 Å². The fraction of sp³-hybridized carbons (Fsp3) is 1.00. The van der Waals surface area contributed by atoms with Gasteiger partial charge in [-0.3, -0.25) is 0 Å². The maximum Gasteiger partial charge on any atom is 0.0546 e. The Labute approximate surface area is 132 Å². The number of nitrogens with zero attached hydrogens (tertiary/aromatic N) is 1. The molecule has 0 radical (unpaired) electrons. The zero-order valence-corrected chi connectivity index (χ0v) is 14.9. The molecular formula is C18H38N2O. The van der Waals surface area contributed by atoms with Gasteiger partial charge in [-0.1, -0.05) is 26.7 Å². The summed E-state index contributed by atoms with van der Waals surface area (Å²) < 4.78 is 5.86. The lowest BCUT2D eigenvalue weighted by Gasteiger charge is -2.42. The molecule has 0 bridgehead atoms. The Morgan fingerprint density at radius 1 is 1.19 bits per heavy atom. The van der Waals surface area contributed by atoms with E-state index in [1.165, 1.54) is 51.6 Å². The Bertz CT molecular complexity index is 250. The predicted molar refractivity (Wildman–Crippen MR) is 91.9 cm³/mol. The summed E-state index contributed by atoms with van der Waals surface area (Å²) in [6.07, 6.45) is 7.71. The van der Waals surface area contributed by atoms with Gasteiger partial charge in [-0.25, -0.2) is 0 Å². The van der Waals surface area contributed by atoms with Gasteiger partial charge in [0.15, 0.2) is 0 Å². The Hall–Kier alpha value is -0.120. The van der Waals surface area contributed by atoms with Crippen LogP contribution >= 0.6 is 0 Å². The van der Waals surface area contributed by atoms with Crippen LogP contribution in [-0.4, -0.2) is 50.3 Å². The third kappa shape index (κ3) is 7.12. The summed E-state index contributed by atoms with van der Waals surface area (Å²) in [6.45, 7) is 15.7. The topological polar surface area (TPSA) is 24.5 Å². The molecule has 1 aliphatic heterocycles. The number of nitrogens with one attached hydrogen (secondary N) is 1. The molecule has 3 nitrogen and oxygen atoms in total. The SMILES string of the molecule is CCCCCN(CC1(CNCCC)CCCOC1)C(C)C. The first-order chi connectivity index (χ1) is 10.1. The van der Waals surface area contributed by atoms with Crippen LogP contribution in [0.1, 0.15) is 66.2 Å². The summed E-state index contributed by atoms with van der Waals surface area (Å²) in [5.41, 5.74) is 0.323. The second-order valence-electron chi connectivity index (χ2n) is 7.10. The molecular weight excluding hydrogens is 260 g/mol. The number of ether oxygens (including phenoxy) is 1. The maximum absolute atomic E-state index is 5.86. The number of rotatable bonds is 11. The van der Waals surface area contributed by atoms with E-state index in [1.54, 1.807) is 0 Å². The molecule has 1 aliphatic rings. The van der Waals surface area contributed by atoms with Crippen LogP contribution in [0.5, 0.6) is 0 Å². The standard InChI is InChI=1S/C18H38N2O/c1-5-7-8-12-20(17(3)4)15-18(14-19-11-6-2)10-9-13-21-16-18/h17,19H,5-16H2,1-4H3. The zero-order chi connectivity index (χ0) is 15.6. The van der Waals surface area contributed by atoms with Crippen molar-refractivity contribution in [3.63, 3.8) is 0 Å². The van der Waals surface area contributed by atoms with E-state index in [-0.39, 0.29) is 0 Å². The summed E-state index contributed by atoms with van der Waals surface area (Å²) in [4.78, 5) is 2.68. The van der Waals surface area contributed by atoms with Crippen molar-refractivity contribution in [1.29, 1.82) is 0 Å². The van der Waals surface area contributed by atoms with E-state index in [0.29, 0.717) is 11.5 Å². The number of hydrogen-bond donors (Lipinski definition) is 1. The van der Waals surface area contributed by atoms with Gasteiger partial charge in [0.25, 0.3) is 0 Å². The molecule has 1 atom stereocenters. The van der Waals surface area contributed by atoms with Crippen molar-refractivity contribution in [2.45, 2.75) is 72.3 Å². The molecule has 3 heteroatoms. The number of unbranched alkanes of at least 4 members (excludes halogenated alkanes) is 2. The van der Waals surface area contributed by atoms with Crippen molar-refractivity contribution >= 4 is 0 Å². The predicted octanol–water partition coefficient (Wildman–Crippen LogP) is 3.68. The molecule has 0 aliphatic carbocycles. The van der Waals surface area contributed by atoms with Gasteiger partial charge < -0.3 is 15.0 Å². The Morgan fingerprint density at radius 3 is 2.57 bits per heavy atom. The van der Waals surface area contributed by atoms with Crippen molar-refractivity contribution in [3.8, 4) is 0 Å². The van der Waals surface area contributed by atoms with E-state index >= 15 is 0 Å². The fourth-order valence-corrected chi connectivity index (χ4v) is 3.28. The first-order valence-electron chi connectivity index (χ1n) is 9.16. The van der Waals surface area contributed by atoms with Crippen LogP contribution < -0.4 is 5.32 Å². The second kappa shape index (κ2) is 10.6. The molecule has 21 heavy (non-hydrogen) atoms. The van der Waals surface area contributed by atoms with Crippen LogP contribution in [0.2, 0.25) is 0 Å². The average Bonchev–Trinajstić information content (AvgIpc) is 2.47. The van der Waals surface area contributed by atoms with Crippen LogP contribution in [0.15, 0.2) is 0 Å². The van der Waals surface area contributed by atoms with Gasteiger partial charge in [-0.15, -0.1) is 0 Å². The van der Waals surface area contributed by atoms with E-state index in [4.69, 9.17) is 4.74 Å². The Balaban J connectivity index is 2.58. The third-order valence-electron chi connectivity index (χ3n) is 4.65. The van der Waals surface area contributed by atoms with E-state index < -0.39 is 0 Å². The average molecular weight is 299 g/mol. The Morgan fingerprint density at radius 2 is 2.00 bits per heavy atom. The van der Waals surface area contributed by atoms with Crippen LogP contribution in [-0.2, 0) is 4.74 Å². The molecule has 0 saturated carbocycles. The normalized spacial score (nSPS) is 23.1. The molecule has 1 heterocycles. The molecule has 1 saturated heterocycles. The first-order valence-corrected chi connectivity index (χ1v) is 9.16. The van der Waals surface area contributed by atoms with E-state index in [9.17, 15) is 0 Å². The summed E-state index contributed by atoms with van der Waals surface area (Å²) in [5, 5.41) is 3.65. The summed E-state index contributed by atoms with van der Waals surface area (Å²) in [7, 11) is 0. The van der Waals surface area contributed by atoms with E-state index in [2.05, 4.69) is 37.9 Å². The molecule has 126 valence electrons. The van der Waals surface area contributed by atoms with Gasteiger partial charge in [0.1, 0.15) is 0 Å². The Kier molecular flexibility index (Phi) is 9.54. The summed E-state index contributed by atoms with van der Waals surface area (Å²) in [5.74, 6) is 0. The van der Waals surface area contributed by atoms with Gasteiger partial charge in [0.05, 0.1) is 6.61 Å². The summed E-state index contributed by atoms with van der Waals surface area (Å²) in [6, 6.07) is 0.631. The van der Waals surface area contributed by atoms with Crippen molar-refractivity contribution < 1.29 is 4.74 Å². The molecule has 0 spiro atoms. The largest absolute Gasteiger partial charge is 0.381 e. The fourth-order valence-electron chi connectivity index (χ4n) is 3.28. The molecule has 0 aromatic heterocycles. The molecule has 1 unspecified atom stereocenters. The van der Waals surface area contributed by atoms with E-state index in [0.717, 1.165) is 26.3 Å². The quantitative estimate of drug-likeness (QED) is 0.589. The second-order valence-corrected chi connectivity index (χ2v) is 7.10. The maximum atomic E-state index is 5.86. The van der Waals surface area contributed by atoms with Crippen molar-refractivity contribution in [2.24, 2.45) is 5.41 Å². The summed E-state index contributed by atoms with van der Waals surface area (Å²) >= 11 is 0. The van der Waals surface area contributed by atoms with Crippen molar-refractivity contribution in [2.75, 3.05) is 39.4 Å². The van der Waals surface area contributed by atoms with Crippen LogP contribution in [0.25, 0.3) is 0 Å². The third-order valence-corrected chi connectivity index (χ3v) is 4.65. The van der Waals surface area contributed by atoms with E-state index in [1.807, 2.05) is 0 Å². The molecule has 1 fully saturated rings. The van der Waals surface area contributed by atoms with Gasteiger partial charge in [0.2, 0.25) is 0 Å². The van der Waals surface area contributed by atoms with Crippen molar-refractivity contribution in [3.05, 3.63) is 0 Å². The van der Waals surface area contributed by atoms with Gasteiger partial charge in [0, 0.05) is 31.2 Å². The molecule has 0 aromatic rings. The first kappa shape index (κ1) is 18.9. The minimum atomic E-state index is 0.323. The lowest BCUT2D eigenvalue weighted by molar-refractivity contribution is -0.0310. The lowest BCUT2D eigenvalue weighted by atomic mass is 9.81. The molecule has 1 N–H and O–H groups in total. The molecule has 0 amide bonds. The van der Waals surface area contributed by atoms with Crippen LogP contribution in [0.4, 0.5) is 0 Å². The van der Waals surface area contributed by atoms with Gasteiger partial charge >= 0.3 is 0 Å². The molecule has 0 aromatic carbocycles. The monoisotopic (exact) mass is 298 g/mol. The minimum Gasteiger partial charge on any atom is -0.381 e. The smallest absolute Gasteiger partial charge is 0.0546 e. The minimum absolute atomic E-state index is 0.323. The number of hydrogen-bond acceptors (Lipinski definition) is 3. The molecule has 1 rings (SSSR count). The highest BCUT2D eigenvalue weighted by molar-refractivity contribution is 4.88. The lowest BCUT2D eigenvalue weighted by Crippen LogP contribution is -2.50. The highest BCUT2D eigenvalue weighted by atomic mass is 16.5. The van der Waals surface area contributed by atoms with Gasteiger partial charge in [-0.2, -0.15) is 0 Å². The van der Waals surface area contributed by atoms with Crippen molar-refractivity contribution in [1.82, 2.24) is 10.2 Å². The van der Waals surface area contributed by atoms with Gasteiger partial charge in [-0.05, 0) is 52.6 Å². The van der Waals surface area contributed by atoms with Crippen LogP contribution in [0.3, 0.4) is 0 Å².